The number of phenolic OH excluding ortho intramolecular Hbond substituents is 1. The summed E-state index contributed by atoms with van der Waals surface area (Å²) in [6, 6.07) is 1.97. The lowest BCUT2D eigenvalue weighted by Crippen LogP contribution is -2.48. The van der Waals surface area contributed by atoms with E-state index in [1.165, 1.54) is 0 Å². The van der Waals surface area contributed by atoms with E-state index in [4.69, 9.17) is 0 Å². The van der Waals surface area contributed by atoms with Gasteiger partial charge in [0.05, 0.1) is 17.3 Å². The van der Waals surface area contributed by atoms with Crippen LogP contribution in [0.3, 0.4) is 0 Å². The van der Waals surface area contributed by atoms with Gasteiger partial charge in [0.15, 0.2) is 0 Å². The van der Waals surface area contributed by atoms with Gasteiger partial charge in [-0.15, -0.1) is 0 Å². The van der Waals surface area contributed by atoms with Crippen molar-refractivity contribution < 1.29 is 23.1 Å². The van der Waals surface area contributed by atoms with Crippen LogP contribution >= 0.6 is 0 Å². The first-order valence-electron chi connectivity index (χ1n) is 6.73. The summed E-state index contributed by atoms with van der Waals surface area (Å²) in [4.78, 5) is 12.1. The van der Waals surface area contributed by atoms with E-state index in [1.807, 2.05) is 6.92 Å². The Labute approximate surface area is 120 Å². The van der Waals surface area contributed by atoms with Crippen LogP contribution in [0.5, 0.6) is 5.75 Å². The van der Waals surface area contributed by atoms with Gasteiger partial charge in [-0.05, 0) is 43.5 Å². The summed E-state index contributed by atoms with van der Waals surface area (Å²) in [6.07, 6.45) is -2.69. The summed E-state index contributed by atoms with van der Waals surface area (Å²) in [7, 11) is 0. The van der Waals surface area contributed by atoms with Gasteiger partial charge in [0, 0.05) is 0 Å². The lowest BCUT2D eigenvalue weighted by Gasteiger charge is -2.29. The number of piperidine rings is 1. The fraction of sp³-hybridized carbons (Fsp3) is 0.500. The summed E-state index contributed by atoms with van der Waals surface area (Å²) >= 11 is 0. The van der Waals surface area contributed by atoms with Crippen molar-refractivity contribution >= 4 is 11.6 Å². The summed E-state index contributed by atoms with van der Waals surface area (Å²) < 4.78 is 37.9. The Hall–Kier alpha value is -1.76. The zero-order valence-electron chi connectivity index (χ0n) is 11.5. The van der Waals surface area contributed by atoms with E-state index in [1.54, 1.807) is 0 Å². The molecule has 0 bridgehead atoms. The third kappa shape index (κ3) is 3.66. The fourth-order valence-corrected chi connectivity index (χ4v) is 2.42. The molecule has 1 aliphatic heterocycles. The van der Waals surface area contributed by atoms with Gasteiger partial charge in [0.1, 0.15) is 5.75 Å². The highest BCUT2D eigenvalue weighted by Crippen LogP contribution is 2.34. The average molecular weight is 302 g/mol. The zero-order chi connectivity index (χ0) is 15.6. The van der Waals surface area contributed by atoms with Gasteiger partial charge in [0.25, 0.3) is 0 Å². The molecule has 2 atom stereocenters. The van der Waals surface area contributed by atoms with Crippen molar-refractivity contribution in [1.82, 2.24) is 5.32 Å². The van der Waals surface area contributed by atoms with Crippen LogP contribution in [0.25, 0.3) is 0 Å². The first kappa shape index (κ1) is 15.6. The molecule has 0 aromatic heterocycles. The molecule has 1 amide bonds. The van der Waals surface area contributed by atoms with E-state index in [-0.39, 0.29) is 17.4 Å². The molecular formula is C14H17F3N2O2. The number of carbonyl (C=O) groups is 1. The van der Waals surface area contributed by atoms with Gasteiger partial charge < -0.3 is 15.7 Å². The zero-order valence-corrected chi connectivity index (χ0v) is 11.5. The Morgan fingerprint density at radius 1 is 1.43 bits per heavy atom. The fourth-order valence-electron chi connectivity index (χ4n) is 2.42. The highest BCUT2D eigenvalue weighted by molar-refractivity contribution is 5.96. The summed E-state index contributed by atoms with van der Waals surface area (Å²) in [5, 5.41) is 15.0. The number of carbonyl (C=O) groups excluding carboxylic acids is 1. The molecule has 2 rings (SSSR count). The second kappa shape index (κ2) is 5.93. The first-order chi connectivity index (χ1) is 9.79. The molecule has 0 saturated carbocycles. The van der Waals surface area contributed by atoms with E-state index in [0.29, 0.717) is 6.54 Å². The highest BCUT2D eigenvalue weighted by Gasteiger charge is 2.32. The maximum absolute atomic E-state index is 12.6. The summed E-state index contributed by atoms with van der Waals surface area (Å²) in [5.41, 5.74) is -1.14. The number of alkyl halides is 3. The minimum atomic E-state index is -4.52. The van der Waals surface area contributed by atoms with Gasteiger partial charge in [-0.2, -0.15) is 13.2 Å². The van der Waals surface area contributed by atoms with Crippen LogP contribution < -0.4 is 10.6 Å². The number of benzene rings is 1. The van der Waals surface area contributed by atoms with Crippen LogP contribution in [0.1, 0.15) is 25.3 Å². The molecule has 7 heteroatoms. The number of hydrogen-bond donors (Lipinski definition) is 3. The average Bonchev–Trinajstić information content (AvgIpc) is 2.40. The SMILES string of the molecule is CC1CCCNC1C(=O)Nc1cc(C(F)(F)F)ccc1O. The predicted octanol–water partition coefficient (Wildman–Crippen LogP) is 2.74. The van der Waals surface area contributed by atoms with Crippen molar-refractivity contribution in [3.8, 4) is 5.75 Å². The lowest BCUT2D eigenvalue weighted by molar-refractivity contribution is -0.137. The molecule has 1 aromatic carbocycles. The molecule has 1 aromatic rings. The molecule has 3 N–H and O–H groups in total. The maximum Gasteiger partial charge on any atom is 0.416 e. The monoisotopic (exact) mass is 302 g/mol. The molecule has 21 heavy (non-hydrogen) atoms. The molecule has 1 heterocycles. The Morgan fingerprint density at radius 3 is 2.76 bits per heavy atom. The first-order valence-corrected chi connectivity index (χ1v) is 6.73. The Bertz CT molecular complexity index is 531. The Balaban J connectivity index is 2.16. The van der Waals surface area contributed by atoms with E-state index in [2.05, 4.69) is 10.6 Å². The normalized spacial score (nSPS) is 22.9. The topological polar surface area (TPSA) is 61.4 Å². The van der Waals surface area contributed by atoms with Crippen LogP contribution in [-0.4, -0.2) is 23.6 Å². The van der Waals surface area contributed by atoms with Crippen LogP contribution in [0.2, 0.25) is 0 Å². The molecule has 2 unspecified atom stereocenters. The largest absolute Gasteiger partial charge is 0.506 e. The molecule has 4 nitrogen and oxygen atoms in total. The van der Waals surface area contributed by atoms with Crippen molar-refractivity contribution in [2.75, 3.05) is 11.9 Å². The van der Waals surface area contributed by atoms with Crippen molar-refractivity contribution in [3.05, 3.63) is 23.8 Å². The maximum atomic E-state index is 12.6. The van der Waals surface area contributed by atoms with E-state index in [0.717, 1.165) is 31.0 Å². The second-order valence-corrected chi connectivity index (χ2v) is 5.27. The van der Waals surface area contributed by atoms with E-state index >= 15 is 0 Å². The number of phenols is 1. The van der Waals surface area contributed by atoms with Crippen molar-refractivity contribution in [3.63, 3.8) is 0 Å². The summed E-state index contributed by atoms with van der Waals surface area (Å²) in [5.74, 6) is -0.733. The smallest absolute Gasteiger partial charge is 0.416 e. The van der Waals surface area contributed by atoms with Gasteiger partial charge in [-0.3, -0.25) is 4.79 Å². The molecule has 1 aliphatic rings. The van der Waals surface area contributed by atoms with E-state index < -0.39 is 23.7 Å². The van der Waals surface area contributed by atoms with Crippen molar-refractivity contribution in [2.45, 2.75) is 32.0 Å². The Morgan fingerprint density at radius 2 is 2.14 bits per heavy atom. The quantitative estimate of drug-likeness (QED) is 0.736. The van der Waals surface area contributed by atoms with Crippen molar-refractivity contribution in [1.29, 1.82) is 0 Å². The number of halogens is 3. The molecule has 116 valence electrons. The van der Waals surface area contributed by atoms with Crippen LogP contribution in [0.4, 0.5) is 18.9 Å². The molecule has 1 saturated heterocycles. The lowest BCUT2D eigenvalue weighted by atomic mass is 9.92. The van der Waals surface area contributed by atoms with E-state index in [9.17, 15) is 23.1 Å². The highest BCUT2D eigenvalue weighted by atomic mass is 19.4. The molecule has 0 radical (unpaired) electrons. The number of amides is 1. The molecule has 0 aliphatic carbocycles. The predicted molar refractivity (Wildman–Crippen MR) is 71.9 cm³/mol. The standard InChI is InChI=1S/C14H17F3N2O2/c1-8-3-2-6-18-12(8)13(21)19-10-7-9(14(15,16)17)4-5-11(10)20/h4-5,7-8,12,18,20H,2-3,6H2,1H3,(H,19,21). The van der Waals surface area contributed by atoms with Gasteiger partial charge in [-0.25, -0.2) is 0 Å². The minimum absolute atomic E-state index is 0.0895. The van der Waals surface area contributed by atoms with Gasteiger partial charge in [-0.1, -0.05) is 6.92 Å². The molecular weight excluding hydrogens is 285 g/mol. The molecule has 0 spiro atoms. The number of anilines is 1. The second-order valence-electron chi connectivity index (χ2n) is 5.27. The third-order valence-electron chi connectivity index (χ3n) is 3.63. The number of hydrogen-bond acceptors (Lipinski definition) is 3. The third-order valence-corrected chi connectivity index (χ3v) is 3.63. The minimum Gasteiger partial charge on any atom is -0.506 e. The Kier molecular flexibility index (Phi) is 4.41. The number of nitrogens with one attached hydrogen (secondary N) is 2. The number of aromatic hydroxyl groups is 1. The van der Waals surface area contributed by atoms with Crippen molar-refractivity contribution in [2.24, 2.45) is 5.92 Å². The van der Waals surface area contributed by atoms with Crippen LogP contribution in [0, 0.1) is 5.92 Å². The van der Waals surface area contributed by atoms with Gasteiger partial charge >= 0.3 is 6.18 Å². The number of rotatable bonds is 2. The van der Waals surface area contributed by atoms with Crippen LogP contribution in [-0.2, 0) is 11.0 Å². The van der Waals surface area contributed by atoms with Gasteiger partial charge in [0.2, 0.25) is 5.91 Å². The molecule has 1 fully saturated rings. The summed E-state index contributed by atoms with van der Waals surface area (Å²) in [6.45, 7) is 2.60. The van der Waals surface area contributed by atoms with Crippen LogP contribution in [0.15, 0.2) is 18.2 Å².